The van der Waals surface area contributed by atoms with Gasteiger partial charge >= 0.3 is 0 Å². The zero-order valence-corrected chi connectivity index (χ0v) is 15.4. The molecule has 4 bridgehead atoms. The van der Waals surface area contributed by atoms with Crippen molar-refractivity contribution in [2.24, 2.45) is 17.8 Å². The van der Waals surface area contributed by atoms with Crippen LogP contribution in [0.2, 0.25) is 0 Å². The van der Waals surface area contributed by atoms with Crippen molar-refractivity contribution in [3.05, 3.63) is 24.4 Å². The molecule has 0 radical (unpaired) electrons. The van der Waals surface area contributed by atoms with Gasteiger partial charge in [0.2, 0.25) is 5.82 Å². The maximum atomic E-state index is 10.9. The second kappa shape index (κ2) is 5.78. The second-order valence-electron chi connectivity index (χ2n) is 8.82. The van der Waals surface area contributed by atoms with Crippen LogP contribution in [-0.2, 0) is 6.61 Å². The van der Waals surface area contributed by atoms with Crippen LogP contribution in [0.4, 0.5) is 5.69 Å². The first-order valence-electron chi connectivity index (χ1n) is 10.0. The molecule has 146 valence electrons. The van der Waals surface area contributed by atoms with E-state index in [9.17, 15) is 10.2 Å². The van der Waals surface area contributed by atoms with Crippen molar-refractivity contribution in [2.45, 2.75) is 50.4 Å². The van der Waals surface area contributed by atoms with Gasteiger partial charge in [0.05, 0.1) is 16.9 Å². The van der Waals surface area contributed by atoms with Crippen molar-refractivity contribution >= 4 is 16.7 Å². The standard InChI is InChI=1S/C20H23N5O3/c26-9-15-23-19(25-28-15)14-8-22-18-13(1-2-21-18)17(14)24-16-11-3-10-4-12(16)7-20(27,5-10)6-11/h1-2,8,10-12,16,26-27H,3-7,9H2,(H2,21,22,24)/t10?,11-,12+,16?,20?. The predicted octanol–water partition coefficient (Wildman–Crippen LogP) is 2.46. The van der Waals surface area contributed by atoms with E-state index in [-0.39, 0.29) is 12.5 Å². The van der Waals surface area contributed by atoms with E-state index in [0.717, 1.165) is 41.5 Å². The third-order valence-electron chi connectivity index (χ3n) is 6.98. The molecule has 5 atom stereocenters. The lowest BCUT2D eigenvalue weighted by Gasteiger charge is -2.58. The Morgan fingerprint density at radius 1 is 1.25 bits per heavy atom. The minimum atomic E-state index is -0.456. The molecule has 4 saturated carbocycles. The number of aromatic amines is 1. The molecule has 4 fully saturated rings. The Labute approximate surface area is 161 Å². The van der Waals surface area contributed by atoms with Crippen LogP contribution in [0.3, 0.4) is 0 Å². The summed E-state index contributed by atoms with van der Waals surface area (Å²) >= 11 is 0. The highest BCUT2D eigenvalue weighted by atomic mass is 16.5. The molecule has 0 aromatic carbocycles. The highest BCUT2D eigenvalue weighted by Gasteiger charge is 2.54. The lowest BCUT2D eigenvalue weighted by Crippen LogP contribution is -2.59. The lowest BCUT2D eigenvalue weighted by atomic mass is 9.52. The molecule has 4 aliphatic rings. The van der Waals surface area contributed by atoms with Crippen LogP contribution in [0.1, 0.15) is 38.0 Å². The summed E-state index contributed by atoms with van der Waals surface area (Å²) in [6.45, 7) is -0.289. The SMILES string of the molecule is OCc1nc(-c2cnc3[nH]ccc3c2NC2[C@@H]3CC4C[C@H]2CC(O)(C4)C3)no1. The monoisotopic (exact) mass is 381 g/mol. The summed E-state index contributed by atoms with van der Waals surface area (Å²) in [5.74, 6) is 2.22. The van der Waals surface area contributed by atoms with Crippen LogP contribution >= 0.6 is 0 Å². The second-order valence-corrected chi connectivity index (χ2v) is 8.82. The fraction of sp³-hybridized carbons (Fsp3) is 0.550. The van der Waals surface area contributed by atoms with Crippen LogP contribution in [0.5, 0.6) is 0 Å². The Kier molecular flexibility index (Phi) is 3.40. The number of pyridine rings is 1. The molecule has 0 spiro atoms. The van der Waals surface area contributed by atoms with Crippen molar-refractivity contribution < 1.29 is 14.7 Å². The number of hydrogen-bond acceptors (Lipinski definition) is 7. The van der Waals surface area contributed by atoms with E-state index in [1.165, 1.54) is 12.8 Å². The number of H-pyrrole nitrogens is 1. The van der Waals surface area contributed by atoms with Crippen LogP contribution < -0.4 is 5.32 Å². The van der Waals surface area contributed by atoms with E-state index >= 15 is 0 Å². The summed E-state index contributed by atoms with van der Waals surface area (Å²) in [7, 11) is 0. The van der Waals surface area contributed by atoms with Gasteiger partial charge in [-0.15, -0.1) is 0 Å². The Balaban J connectivity index is 1.42. The normalized spacial score (nSPS) is 33.6. The summed E-state index contributed by atoms with van der Waals surface area (Å²) in [6, 6.07) is 2.32. The summed E-state index contributed by atoms with van der Waals surface area (Å²) in [6.07, 6.45) is 8.73. The van der Waals surface area contributed by atoms with Crippen molar-refractivity contribution in [3.63, 3.8) is 0 Å². The van der Waals surface area contributed by atoms with Crippen molar-refractivity contribution in [3.8, 4) is 11.4 Å². The van der Waals surface area contributed by atoms with Crippen LogP contribution in [0.15, 0.2) is 23.0 Å². The first kappa shape index (κ1) is 16.5. The van der Waals surface area contributed by atoms with Gasteiger partial charge in [-0.2, -0.15) is 4.98 Å². The lowest BCUT2D eigenvalue weighted by molar-refractivity contribution is -0.129. The maximum absolute atomic E-state index is 10.9. The van der Waals surface area contributed by atoms with Gasteiger partial charge in [-0.3, -0.25) is 0 Å². The first-order chi connectivity index (χ1) is 13.6. The number of anilines is 1. The minimum absolute atomic E-state index is 0.187. The zero-order chi connectivity index (χ0) is 18.9. The average molecular weight is 381 g/mol. The van der Waals surface area contributed by atoms with Gasteiger partial charge in [-0.25, -0.2) is 4.98 Å². The molecule has 3 aromatic heterocycles. The van der Waals surface area contributed by atoms with Crippen molar-refractivity contribution in [1.29, 1.82) is 0 Å². The first-order valence-corrected chi connectivity index (χ1v) is 10.0. The summed E-state index contributed by atoms with van der Waals surface area (Å²) in [5.41, 5.74) is 2.06. The van der Waals surface area contributed by atoms with Gasteiger partial charge in [0, 0.05) is 23.8 Å². The van der Waals surface area contributed by atoms with E-state index in [0.29, 0.717) is 29.6 Å². The van der Waals surface area contributed by atoms with Gasteiger partial charge in [0.15, 0.2) is 0 Å². The molecule has 28 heavy (non-hydrogen) atoms. The Morgan fingerprint density at radius 2 is 2.07 bits per heavy atom. The van der Waals surface area contributed by atoms with E-state index in [1.807, 2.05) is 12.3 Å². The largest absolute Gasteiger partial charge is 0.390 e. The Bertz CT molecular complexity index is 1030. The predicted molar refractivity (Wildman–Crippen MR) is 101 cm³/mol. The van der Waals surface area contributed by atoms with E-state index < -0.39 is 5.60 Å². The molecule has 0 amide bonds. The summed E-state index contributed by atoms with van der Waals surface area (Å²) in [4.78, 5) is 11.9. The van der Waals surface area contributed by atoms with Gasteiger partial charge in [-0.1, -0.05) is 5.16 Å². The molecule has 3 aromatic rings. The topological polar surface area (TPSA) is 120 Å². The fourth-order valence-corrected chi connectivity index (χ4v) is 6.15. The van der Waals surface area contributed by atoms with Gasteiger partial charge in [-0.05, 0) is 55.9 Å². The highest BCUT2D eigenvalue weighted by molar-refractivity contribution is 5.97. The number of fused-ring (bicyclic) bond motifs is 1. The molecule has 0 saturated heterocycles. The number of rotatable bonds is 4. The number of nitrogens with zero attached hydrogens (tertiary/aromatic N) is 3. The fourth-order valence-electron chi connectivity index (χ4n) is 6.15. The molecular formula is C20H23N5O3. The van der Waals surface area contributed by atoms with Crippen molar-refractivity contribution in [2.75, 3.05) is 5.32 Å². The summed E-state index contributed by atoms with van der Waals surface area (Å²) < 4.78 is 5.11. The van der Waals surface area contributed by atoms with E-state index in [2.05, 4.69) is 25.4 Å². The average Bonchev–Trinajstić information content (AvgIpc) is 3.32. The van der Waals surface area contributed by atoms with Gasteiger partial charge in [0.25, 0.3) is 5.89 Å². The summed E-state index contributed by atoms with van der Waals surface area (Å²) in [5, 5.41) is 29.0. The molecular weight excluding hydrogens is 358 g/mol. The third-order valence-corrected chi connectivity index (χ3v) is 6.98. The minimum Gasteiger partial charge on any atom is -0.390 e. The number of nitrogens with one attached hydrogen (secondary N) is 2. The number of hydrogen-bond donors (Lipinski definition) is 4. The number of aliphatic hydroxyl groups excluding tert-OH is 1. The molecule has 4 aliphatic carbocycles. The Morgan fingerprint density at radius 3 is 2.79 bits per heavy atom. The van der Waals surface area contributed by atoms with Crippen LogP contribution in [0, 0.1) is 17.8 Å². The quantitative estimate of drug-likeness (QED) is 0.548. The molecule has 4 N–H and O–H groups in total. The third kappa shape index (κ3) is 2.41. The molecule has 0 aliphatic heterocycles. The molecule has 3 heterocycles. The zero-order valence-electron chi connectivity index (χ0n) is 15.4. The van der Waals surface area contributed by atoms with Crippen LogP contribution in [-0.4, -0.2) is 42.0 Å². The number of aromatic nitrogens is 4. The van der Waals surface area contributed by atoms with Gasteiger partial charge < -0.3 is 25.0 Å². The Hall–Kier alpha value is -2.45. The van der Waals surface area contributed by atoms with Crippen LogP contribution in [0.25, 0.3) is 22.4 Å². The molecule has 8 heteroatoms. The highest BCUT2D eigenvalue weighted by Crippen LogP contribution is 2.56. The maximum Gasteiger partial charge on any atom is 0.252 e. The van der Waals surface area contributed by atoms with Crippen molar-refractivity contribution in [1.82, 2.24) is 20.1 Å². The van der Waals surface area contributed by atoms with Gasteiger partial charge in [0.1, 0.15) is 12.3 Å². The molecule has 3 unspecified atom stereocenters. The smallest absolute Gasteiger partial charge is 0.252 e. The van der Waals surface area contributed by atoms with E-state index in [4.69, 9.17) is 4.52 Å². The molecule has 8 nitrogen and oxygen atoms in total. The molecule has 7 rings (SSSR count). The van der Waals surface area contributed by atoms with E-state index in [1.54, 1.807) is 6.20 Å². The number of aliphatic hydroxyl groups is 2.